The van der Waals surface area contributed by atoms with Crippen molar-refractivity contribution >= 4 is 34.3 Å². The molecule has 0 bridgehead atoms. The molecular weight excluding hydrogens is 300 g/mol. The Balaban J connectivity index is 2.01. The molecule has 1 aliphatic rings. The second-order valence-electron chi connectivity index (χ2n) is 4.93. The molecule has 3 rings (SSSR count). The van der Waals surface area contributed by atoms with Crippen molar-refractivity contribution in [1.29, 1.82) is 5.41 Å². The van der Waals surface area contributed by atoms with Crippen LogP contribution in [-0.4, -0.2) is 28.4 Å². The fourth-order valence-corrected chi connectivity index (χ4v) is 3.26. The summed E-state index contributed by atoms with van der Waals surface area (Å²) in [6, 6.07) is 6.78. The molecule has 22 heavy (non-hydrogen) atoms. The summed E-state index contributed by atoms with van der Waals surface area (Å²) in [4.78, 5) is 17.4. The Morgan fingerprint density at radius 2 is 2.18 bits per heavy atom. The summed E-state index contributed by atoms with van der Waals surface area (Å²) in [5.41, 5.74) is 7.45. The van der Waals surface area contributed by atoms with E-state index in [0.717, 1.165) is 5.69 Å². The molecule has 0 unspecified atom stereocenters. The van der Waals surface area contributed by atoms with Crippen LogP contribution in [0.2, 0.25) is 0 Å². The third-order valence-electron chi connectivity index (χ3n) is 3.40. The molecule has 6 nitrogen and oxygen atoms in total. The predicted octanol–water partition coefficient (Wildman–Crippen LogP) is 2.32. The SMILES string of the molecule is Cc1csc(C2=C(O)CN(c3ccccc3C(N)=O)C2=N)n1. The number of benzene rings is 1. The van der Waals surface area contributed by atoms with Crippen LogP contribution in [0.5, 0.6) is 0 Å². The van der Waals surface area contributed by atoms with Crippen molar-refractivity contribution in [1.82, 2.24) is 4.98 Å². The van der Waals surface area contributed by atoms with Crippen LogP contribution >= 0.6 is 11.3 Å². The molecule has 1 aromatic heterocycles. The number of aliphatic hydroxyl groups is 1. The third-order valence-corrected chi connectivity index (χ3v) is 4.37. The van der Waals surface area contributed by atoms with Gasteiger partial charge in [-0.1, -0.05) is 12.1 Å². The average molecular weight is 314 g/mol. The summed E-state index contributed by atoms with van der Waals surface area (Å²) in [5, 5.41) is 21.0. The van der Waals surface area contributed by atoms with E-state index in [1.54, 1.807) is 29.2 Å². The van der Waals surface area contributed by atoms with E-state index in [4.69, 9.17) is 11.1 Å². The van der Waals surface area contributed by atoms with Gasteiger partial charge in [0.2, 0.25) is 0 Å². The molecule has 2 aromatic rings. The van der Waals surface area contributed by atoms with Gasteiger partial charge in [0, 0.05) is 11.1 Å². The highest BCUT2D eigenvalue weighted by Gasteiger charge is 2.32. The molecule has 4 N–H and O–H groups in total. The second kappa shape index (κ2) is 5.27. The van der Waals surface area contributed by atoms with Gasteiger partial charge in [0.15, 0.2) is 0 Å². The first-order chi connectivity index (χ1) is 10.5. The Morgan fingerprint density at radius 1 is 1.45 bits per heavy atom. The minimum Gasteiger partial charge on any atom is -0.510 e. The van der Waals surface area contributed by atoms with Crippen molar-refractivity contribution in [2.24, 2.45) is 5.73 Å². The number of aryl methyl sites for hydroxylation is 1. The number of hydrogen-bond acceptors (Lipinski definition) is 5. The fourth-order valence-electron chi connectivity index (χ4n) is 2.40. The van der Waals surface area contributed by atoms with Gasteiger partial charge < -0.3 is 15.7 Å². The molecule has 0 radical (unpaired) electrons. The summed E-state index contributed by atoms with van der Waals surface area (Å²) in [5.74, 6) is -0.388. The van der Waals surface area contributed by atoms with Crippen LogP contribution in [0, 0.1) is 12.3 Å². The summed E-state index contributed by atoms with van der Waals surface area (Å²) in [6.07, 6.45) is 0. The van der Waals surface area contributed by atoms with Crippen molar-refractivity contribution in [3.8, 4) is 0 Å². The molecule has 0 spiro atoms. The lowest BCUT2D eigenvalue weighted by Crippen LogP contribution is -2.29. The Bertz CT molecular complexity index is 809. The first kappa shape index (κ1) is 14.3. The Morgan fingerprint density at radius 3 is 2.82 bits per heavy atom. The van der Waals surface area contributed by atoms with E-state index in [0.29, 0.717) is 21.8 Å². The Hall–Kier alpha value is -2.67. The van der Waals surface area contributed by atoms with Gasteiger partial charge in [0.1, 0.15) is 16.6 Å². The van der Waals surface area contributed by atoms with Crippen LogP contribution in [-0.2, 0) is 0 Å². The molecule has 0 saturated heterocycles. The van der Waals surface area contributed by atoms with E-state index in [2.05, 4.69) is 4.98 Å². The number of rotatable bonds is 3. The molecule has 1 aliphatic heterocycles. The van der Waals surface area contributed by atoms with Crippen LogP contribution in [0.25, 0.3) is 5.57 Å². The molecule has 0 fully saturated rings. The summed E-state index contributed by atoms with van der Waals surface area (Å²) in [6.45, 7) is 1.98. The zero-order valence-electron chi connectivity index (χ0n) is 11.8. The average Bonchev–Trinajstić information content (AvgIpc) is 3.02. The number of amides is 1. The molecule has 1 amide bonds. The van der Waals surface area contributed by atoms with E-state index >= 15 is 0 Å². The highest BCUT2D eigenvalue weighted by molar-refractivity contribution is 7.11. The lowest BCUT2D eigenvalue weighted by Gasteiger charge is -2.20. The van der Waals surface area contributed by atoms with Gasteiger partial charge in [-0.05, 0) is 19.1 Å². The van der Waals surface area contributed by atoms with Crippen molar-refractivity contribution in [2.45, 2.75) is 6.92 Å². The predicted molar refractivity (Wildman–Crippen MR) is 86.4 cm³/mol. The van der Waals surface area contributed by atoms with Gasteiger partial charge in [0.25, 0.3) is 5.91 Å². The van der Waals surface area contributed by atoms with E-state index < -0.39 is 5.91 Å². The van der Waals surface area contributed by atoms with E-state index in [9.17, 15) is 9.90 Å². The minimum atomic E-state index is -0.568. The number of aliphatic hydroxyl groups excluding tert-OH is 1. The van der Waals surface area contributed by atoms with Gasteiger partial charge in [-0.2, -0.15) is 0 Å². The number of thiazole rings is 1. The summed E-state index contributed by atoms with van der Waals surface area (Å²) in [7, 11) is 0. The number of nitrogens with one attached hydrogen (secondary N) is 1. The van der Waals surface area contributed by atoms with Crippen molar-refractivity contribution in [3.05, 3.63) is 51.7 Å². The number of anilines is 1. The number of carbonyl (C=O) groups excluding carboxylic acids is 1. The maximum atomic E-state index is 11.6. The lowest BCUT2D eigenvalue weighted by atomic mass is 10.1. The molecule has 112 valence electrons. The molecule has 1 aromatic carbocycles. The number of carbonyl (C=O) groups is 1. The monoisotopic (exact) mass is 314 g/mol. The first-order valence-corrected chi connectivity index (χ1v) is 7.47. The van der Waals surface area contributed by atoms with Gasteiger partial charge >= 0.3 is 0 Å². The number of nitrogens with zero attached hydrogens (tertiary/aromatic N) is 2. The van der Waals surface area contributed by atoms with Crippen LogP contribution in [0.1, 0.15) is 21.1 Å². The van der Waals surface area contributed by atoms with Crippen LogP contribution in [0.4, 0.5) is 5.69 Å². The highest BCUT2D eigenvalue weighted by atomic mass is 32.1. The van der Waals surface area contributed by atoms with Gasteiger partial charge in [-0.15, -0.1) is 11.3 Å². The van der Waals surface area contributed by atoms with Crippen molar-refractivity contribution in [2.75, 3.05) is 11.4 Å². The standard InChI is InChI=1S/C15H14N4O2S/c1-8-7-22-15(18-8)12-11(20)6-19(13(12)16)10-5-3-2-4-9(10)14(17)21/h2-5,7,16,20H,6H2,1H3,(H2,17,21). The van der Waals surface area contributed by atoms with Gasteiger partial charge in [0.05, 0.1) is 23.4 Å². The van der Waals surface area contributed by atoms with E-state index in [-0.39, 0.29) is 18.1 Å². The Labute approximate surface area is 131 Å². The van der Waals surface area contributed by atoms with Crippen LogP contribution in [0.3, 0.4) is 0 Å². The molecule has 7 heteroatoms. The van der Waals surface area contributed by atoms with Crippen LogP contribution < -0.4 is 10.6 Å². The number of aromatic nitrogens is 1. The second-order valence-corrected chi connectivity index (χ2v) is 5.79. The zero-order valence-corrected chi connectivity index (χ0v) is 12.6. The smallest absolute Gasteiger partial charge is 0.250 e. The summed E-state index contributed by atoms with van der Waals surface area (Å²) >= 11 is 1.37. The quantitative estimate of drug-likeness (QED) is 0.808. The first-order valence-electron chi connectivity index (χ1n) is 6.59. The number of para-hydroxylation sites is 1. The van der Waals surface area contributed by atoms with E-state index in [1.165, 1.54) is 11.3 Å². The number of primary amides is 1. The molecule has 0 atom stereocenters. The van der Waals surface area contributed by atoms with Gasteiger partial charge in [-0.3, -0.25) is 10.2 Å². The topological polar surface area (TPSA) is 103 Å². The van der Waals surface area contributed by atoms with E-state index in [1.807, 2.05) is 12.3 Å². The highest BCUT2D eigenvalue weighted by Crippen LogP contribution is 2.33. The van der Waals surface area contributed by atoms with Crippen molar-refractivity contribution < 1.29 is 9.90 Å². The fraction of sp³-hybridized carbons (Fsp3) is 0.133. The lowest BCUT2D eigenvalue weighted by molar-refractivity contribution is 0.100. The largest absolute Gasteiger partial charge is 0.510 e. The number of nitrogens with two attached hydrogens (primary N) is 1. The molecule has 0 aliphatic carbocycles. The summed E-state index contributed by atoms with van der Waals surface area (Å²) < 4.78 is 0. The minimum absolute atomic E-state index is 0.0682. The molecule has 2 heterocycles. The third kappa shape index (κ3) is 2.25. The number of hydrogen-bond donors (Lipinski definition) is 3. The molecular formula is C15H14N4O2S. The maximum Gasteiger partial charge on any atom is 0.250 e. The Kier molecular flexibility index (Phi) is 3.42. The maximum absolute atomic E-state index is 11.6. The van der Waals surface area contributed by atoms with Gasteiger partial charge in [-0.25, -0.2) is 4.98 Å². The van der Waals surface area contributed by atoms with Crippen LogP contribution in [0.15, 0.2) is 35.4 Å². The zero-order chi connectivity index (χ0) is 15.9. The van der Waals surface area contributed by atoms with Crippen molar-refractivity contribution in [3.63, 3.8) is 0 Å². The normalized spacial score (nSPS) is 14.8. The molecule has 0 saturated carbocycles. The number of amidine groups is 1.